The fraction of sp³-hybridized carbons (Fsp3) is 0.556. The summed E-state index contributed by atoms with van der Waals surface area (Å²) < 4.78 is 30.8. The Labute approximate surface area is 105 Å². The van der Waals surface area contributed by atoms with Crippen LogP contribution in [0, 0.1) is 0 Å². The van der Waals surface area contributed by atoms with Gasteiger partial charge in [0, 0.05) is 6.54 Å². The SMILES string of the molecule is CCOC(=O)c1ncn(CCS(=O)(=O)NC)c1N. The Balaban J connectivity index is 2.78. The molecule has 1 rings (SSSR count). The number of sulfonamides is 1. The van der Waals surface area contributed by atoms with Crippen molar-refractivity contribution in [1.82, 2.24) is 14.3 Å². The number of nitrogens with zero attached hydrogens (tertiary/aromatic N) is 2. The number of imidazole rings is 1. The number of anilines is 1. The molecule has 0 saturated heterocycles. The third kappa shape index (κ3) is 3.44. The smallest absolute Gasteiger partial charge is 0.360 e. The molecule has 0 spiro atoms. The highest BCUT2D eigenvalue weighted by Crippen LogP contribution is 2.11. The lowest BCUT2D eigenvalue weighted by Crippen LogP contribution is -2.25. The summed E-state index contributed by atoms with van der Waals surface area (Å²) >= 11 is 0. The summed E-state index contributed by atoms with van der Waals surface area (Å²) in [7, 11) is -2.00. The molecule has 1 heterocycles. The summed E-state index contributed by atoms with van der Waals surface area (Å²) in [6, 6.07) is 0. The predicted molar refractivity (Wildman–Crippen MR) is 65.4 cm³/mol. The van der Waals surface area contributed by atoms with Gasteiger partial charge in [0.15, 0.2) is 5.69 Å². The number of rotatable bonds is 6. The van der Waals surface area contributed by atoms with Crippen LogP contribution in [-0.2, 0) is 21.3 Å². The maximum atomic E-state index is 11.4. The second-order valence-electron chi connectivity index (χ2n) is 3.42. The van der Waals surface area contributed by atoms with Gasteiger partial charge in [-0.15, -0.1) is 0 Å². The summed E-state index contributed by atoms with van der Waals surface area (Å²) in [5.74, 6) is -0.670. The first-order valence-electron chi connectivity index (χ1n) is 5.30. The van der Waals surface area contributed by atoms with E-state index in [0.29, 0.717) is 0 Å². The molecular formula is C9H16N4O4S. The maximum Gasteiger partial charge on any atom is 0.360 e. The van der Waals surface area contributed by atoms with Crippen molar-refractivity contribution in [3.05, 3.63) is 12.0 Å². The van der Waals surface area contributed by atoms with E-state index in [4.69, 9.17) is 10.5 Å². The predicted octanol–water partition coefficient (Wildman–Crippen LogP) is -0.809. The van der Waals surface area contributed by atoms with E-state index in [-0.39, 0.29) is 30.4 Å². The number of aromatic nitrogens is 2. The summed E-state index contributed by atoms with van der Waals surface area (Å²) in [6.07, 6.45) is 1.31. The lowest BCUT2D eigenvalue weighted by atomic mass is 10.4. The molecule has 102 valence electrons. The molecule has 18 heavy (non-hydrogen) atoms. The minimum absolute atomic E-state index is 0.00120. The first kappa shape index (κ1) is 14.5. The van der Waals surface area contributed by atoms with Gasteiger partial charge in [0.25, 0.3) is 0 Å². The van der Waals surface area contributed by atoms with Crippen molar-refractivity contribution in [2.45, 2.75) is 13.5 Å². The van der Waals surface area contributed by atoms with Crippen LogP contribution in [0.25, 0.3) is 0 Å². The van der Waals surface area contributed by atoms with Crippen molar-refractivity contribution in [2.75, 3.05) is 25.1 Å². The van der Waals surface area contributed by atoms with Crippen molar-refractivity contribution in [2.24, 2.45) is 0 Å². The number of carbonyl (C=O) groups is 1. The zero-order chi connectivity index (χ0) is 13.8. The number of esters is 1. The van der Waals surface area contributed by atoms with Crippen molar-refractivity contribution in [3.8, 4) is 0 Å². The van der Waals surface area contributed by atoms with E-state index in [1.807, 2.05) is 0 Å². The molecule has 0 bridgehead atoms. The van der Waals surface area contributed by atoms with Crippen LogP contribution in [0.2, 0.25) is 0 Å². The van der Waals surface area contributed by atoms with Gasteiger partial charge < -0.3 is 15.0 Å². The van der Waals surface area contributed by atoms with E-state index in [1.54, 1.807) is 6.92 Å². The minimum atomic E-state index is -3.33. The molecule has 0 saturated carbocycles. The van der Waals surface area contributed by atoms with Crippen LogP contribution in [0.4, 0.5) is 5.82 Å². The normalized spacial score (nSPS) is 11.4. The molecule has 0 atom stereocenters. The lowest BCUT2D eigenvalue weighted by molar-refractivity contribution is 0.0521. The van der Waals surface area contributed by atoms with E-state index in [1.165, 1.54) is 17.9 Å². The van der Waals surface area contributed by atoms with Gasteiger partial charge >= 0.3 is 5.97 Å². The van der Waals surface area contributed by atoms with E-state index in [9.17, 15) is 13.2 Å². The first-order valence-corrected chi connectivity index (χ1v) is 6.95. The second kappa shape index (κ2) is 5.83. The quantitative estimate of drug-likeness (QED) is 0.656. The zero-order valence-electron chi connectivity index (χ0n) is 10.2. The summed E-state index contributed by atoms with van der Waals surface area (Å²) in [4.78, 5) is 15.2. The number of hydrogen-bond acceptors (Lipinski definition) is 6. The maximum absolute atomic E-state index is 11.4. The fourth-order valence-corrected chi connectivity index (χ4v) is 1.89. The standard InChI is InChI=1S/C9H16N4O4S/c1-3-17-9(14)7-8(10)13(6-12-7)4-5-18(15,16)11-2/h6,11H,3-5,10H2,1-2H3. The van der Waals surface area contributed by atoms with Crippen molar-refractivity contribution < 1.29 is 17.9 Å². The van der Waals surface area contributed by atoms with Crippen LogP contribution in [-0.4, -0.2) is 43.3 Å². The first-order chi connectivity index (χ1) is 8.41. The molecule has 0 amide bonds. The van der Waals surface area contributed by atoms with Gasteiger partial charge in [-0.05, 0) is 14.0 Å². The number of hydrogen-bond donors (Lipinski definition) is 2. The third-order valence-corrected chi connectivity index (χ3v) is 3.60. The van der Waals surface area contributed by atoms with Gasteiger partial charge in [-0.3, -0.25) is 0 Å². The topological polar surface area (TPSA) is 116 Å². The molecule has 0 aliphatic rings. The largest absolute Gasteiger partial charge is 0.461 e. The van der Waals surface area contributed by atoms with E-state index >= 15 is 0 Å². The zero-order valence-corrected chi connectivity index (χ0v) is 11.0. The monoisotopic (exact) mass is 276 g/mol. The Bertz CT molecular complexity index is 523. The van der Waals surface area contributed by atoms with Gasteiger partial charge in [-0.1, -0.05) is 0 Å². The van der Waals surface area contributed by atoms with Gasteiger partial charge in [0.2, 0.25) is 10.0 Å². The second-order valence-corrected chi connectivity index (χ2v) is 5.46. The van der Waals surface area contributed by atoms with Gasteiger partial charge in [0.05, 0.1) is 18.7 Å². The van der Waals surface area contributed by atoms with Crippen LogP contribution < -0.4 is 10.5 Å². The number of nitrogens with two attached hydrogens (primary N) is 1. The average Bonchev–Trinajstić information content (AvgIpc) is 2.69. The molecule has 0 aromatic carbocycles. The molecule has 0 aliphatic heterocycles. The highest BCUT2D eigenvalue weighted by Gasteiger charge is 2.17. The molecule has 8 nitrogen and oxygen atoms in total. The number of ether oxygens (including phenoxy) is 1. The van der Waals surface area contributed by atoms with Crippen LogP contribution in [0.1, 0.15) is 17.4 Å². The Morgan fingerprint density at radius 1 is 1.61 bits per heavy atom. The number of nitrogens with one attached hydrogen (secondary N) is 1. The Morgan fingerprint density at radius 3 is 2.83 bits per heavy atom. The molecule has 9 heteroatoms. The molecular weight excluding hydrogens is 260 g/mol. The van der Waals surface area contributed by atoms with E-state index < -0.39 is 16.0 Å². The molecule has 0 radical (unpaired) electrons. The Hall–Kier alpha value is -1.61. The van der Waals surface area contributed by atoms with E-state index in [0.717, 1.165) is 0 Å². The van der Waals surface area contributed by atoms with Crippen LogP contribution >= 0.6 is 0 Å². The van der Waals surface area contributed by atoms with Crippen LogP contribution in [0.15, 0.2) is 6.33 Å². The van der Waals surface area contributed by atoms with Gasteiger partial charge in [-0.2, -0.15) is 0 Å². The average molecular weight is 276 g/mol. The van der Waals surface area contributed by atoms with Gasteiger partial charge in [-0.25, -0.2) is 22.9 Å². The molecule has 0 aliphatic carbocycles. The molecule has 0 fully saturated rings. The van der Waals surface area contributed by atoms with E-state index in [2.05, 4.69) is 9.71 Å². The Morgan fingerprint density at radius 2 is 2.28 bits per heavy atom. The van der Waals surface area contributed by atoms with Crippen LogP contribution in [0.3, 0.4) is 0 Å². The summed E-state index contributed by atoms with van der Waals surface area (Å²) in [5.41, 5.74) is 5.69. The Kier molecular flexibility index (Phi) is 4.68. The fourth-order valence-electron chi connectivity index (χ4n) is 1.25. The summed E-state index contributed by atoms with van der Waals surface area (Å²) in [6.45, 7) is 2.01. The van der Waals surface area contributed by atoms with Crippen LogP contribution in [0.5, 0.6) is 0 Å². The molecule has 1 aromatic heterocycles. The lowest BCUT2D eigenvalue weighted by Gasteiger charge is -2.06. The van der Waals surface area contributed by atoms with Crippen molar-refractivity contribution >= 4 is 21.8 Å². The number of aryl methyl sites for hydroxylation is 1. The highest BCUT2D eigenvalue weighted by molar-refractivity contribution is 7.89. The van der Waals surface area contributed by atoms with Crippen molar-refractivity contribution in [1.29, 1.82) is 0 Å². The molecule has 0 unspecified atom stereocenters. The highest BCUT2D eigenvalue weighted by atomic mass is 32.2. The summed E-state index contributed by atoms with van der Waals surface area (Å²) in [5, 5.41) is 0. The number of nitrogen functional groups attached to an aromatic ring is 1. The molecule has 1 aromatic rings. The third-order valence-electron chi connectivity index (χ3n) is 2.26. The van der Waals surface area contributed by atoms with Crippen molar-refractivity contribution in [3.63, 3.8) is 0 Å². The minimum Gasteiger partial charge on any atom is -0.461 e. The van der Waals surface area contributed by atoms with Gasteiger partial charge in [0.1, 0.15) is 5.82 Å². The number of carbonyl (C=O) groups excluding carboxylic acids is 1. The molecule has 3 N–H and O–H groups in total.